The van der Waals surface area contributed by atoms with Gasteiger partial charge in [-0.1, -0.05) is 6.08 Å². The number of aliphatic imine (C=N–C) groups is 2. The van der Waals surface area contributed by atoms with E-state index in [1.54, 1.807) is 12.5 Å². The zero-order chi connectivity index (χ0) is 5.66. The third kappa shape index (κ3) is 1.69. The molecule has 0 saturated heterocycles. The molecule has 0 atom stereocenters. The van der Waals surface area contributed by atoms with Crippen LogP contribution in [0, 0.1) is 0 Å². The van der Waals surface area contributed by atoms with E-state index in [4.69, 9.17) is 0 Å². The van der Waals surface area contributed by atoms with E-state index in [2.05, 4.69) is 9.98 Å². The number of nitrogens with zero attached hydrogens (tertiary/aromatic N) is 2. The van der Waals surface area contributed by atoms with Crippen LogP contribution in [0.5, 0.6) is 0 Å². The van der Waals surface area contributed by atoms with Crippen molar-refractivity contribution in [1.82, 2.24) is 0 Å². The Kier molecular flexibility index (Phi) is 2.04. The first kappa shape index (κ1) is 5.22. The summed E-state index contributed by atoms with van der Waals surface area (Å²) in [5.74, 6) is 0. The van der Waals surface area contributed by atoms with Crippen LogP contribution < -0.4 is 0 Å². The topological polar surface area (TPSA) is 24.7 Å². The van der Waals surface area contributed by atoms with Crippen molar-refractivity contribution in [3.05, 3.63) is 12.3 Å². The third-order valence-electron chi connectivity index (χ3n) is 0.893. The maximum Gasteiger partial charge on any atom is 0.114 e. The second-order valence-corrected chi connectivity index (χ2v) is 1.56. The molecule has 0 aromatic rings. The monoisotopic (exact) mass is 108 g/mol. The van der Waals surface area contributed by atoms with Crippen molar-refractivity contribution in [2.24, 2.45) is 9.98 Å². The minimum absolute atomic E-state index is 1.03. The molecule has 0 spiro atoms. The van der Waals surface area contributed by atoms with Crippen molar-refractivity contribution in [2.75, 3.05) is 0 Å². The quantitative estimate of drug-likeness (QED) is 0.448. The Morgan fingerprint density at radius 1 is 1.12 bits per heavy atom. The summed E-state index contributed by atoms with van der Waals surface area (Å²) < 4.78 is 0. The van der Waals surface area contributed by atoms with Crippen LogP contribution in [0.25, 0.3) is 0 Å². The molecule has 1 rings (SSSR count). The lowest BCUT2D eigenvalue weighted by Crippen LogP contribution is -1.76. The maximum absolute atomic E-state index is 3.86. The number of hydrogen-bond donors (Lipinski definition) is 0. The molecule has 0 bridgehead atoms. The predicted molar refractivity (Wildman–Crippen MR) is 35.4 cm³/mol. The molecule has 1 heterocycles. The third-order valence-corrected chi connectivity index (χ3v) is 0.893. The van der Waals surface area contributed by atoms with E-state index in [0.29, 0.717) is 0 Å². The van der Waals surface area contributed by atoms with Gasteiger partial charge >= 0.3 is 0 Å². The average Bonchev–Trinajstić information content (AvgIpc) is 1.62. The fourth-order valence-corrected chi connectivity index (χ4v) is 0.505. The molecule has 0 aliphatic carbocycles. The van der Waals surface area contributed by atoms with Crippen LogP contribution in [0.1, 0.15) is 12.8 Å². The zero-order valence-corrected chi connectivity index (χ0v) is 4.62. The summed E-state index contributed by atoms with van der Waals surface area (Å²) in [6.07, 6.45) is 9.31. The Morgan fingerprint density at radius 3 is 3.12 bits per heavy atom. The first-order valence-corrected chi connectivity index (χ1v) is 2.68. The lowest BCUT2D eigenvalue weighted by atomic mass is 10.3. The Balaban J connectivity index is 2.51. The molecule has 2 nitrogen and oxygen atoms in total. The molecule has 8 heavy (non-hydrogen) atoms. The molecule has 0 fully saturated rings. The van der Waals surface area contributed by atoms with Crippen molar-refractivity contribution in [2.45, 2.75) is 12.8 Å². The smallest absolute Gasteiger partial charge is 0.114 e. The summed E-state index contributed by atoms with van der Waals surface area (Å²) in [6.45, 7) is 0. The van der Waals surface area contributed by atoms with Crippen LogP contribution in [0.15, 0.2) is 22.3 Å². The van der Waals surface area contributed by atoms with Gasteiger partial charge in [-0.2, -0.15) is 0 Å². The molecule has 0 aromatic carbocycles. The van der Waals surface area contributed by atoms with Crippen LogP contribution in [-0.2, 0) is 0 Å². The lowest BCUT2D eigenvalue weighted by molar-refractivity contribution is 1.11. The summed E-state index contributed by atoms with van der Waals surface area (Å²) in [5.41, 5.74) is 0. The fourth-order valence-electron chi connectivity index (χ4n) is 0.505. The van der Waals surface area contributed by atoms with Crippen molar-refractivity contribution in [1.29, 1.82) is 0 Å². The molecule has 1 aliphatic rings. The summed E-state index contributed by atoms with van der Waals surface area (Å²) in [4.78, 5) is 7.69. The van der Waals surface area contributed by atoms with Gasteiger partial charge in [-0.05, 0) is 12.8 Å². The molecule has 2 heteroatoms. The molecule has 0 unspecified atom stereocenters. The fraction of sp³-hybridized carbons (Fsp3) is 0.333. The van der Waals surface area contributed by atoms with E-state index in [1.165, 1.54) is 0 Å². The molecule has 0 N–H and O–H groups in total. The number of rotatable bonds is 0. The Hall–Kier alpha value is -0.920. The summed E-state index contributed by atoms with van der Waals surface area (Å²) >= 11 is 0. The molecule has 0 radical (unpaired) electrons. The second kappa shape index (κ2) is 3.13. The average molecular weight is 108 g/mol. The molecule has 0 saturated carbocycles. The first-order chi connectivity index (χ1) is 4.00. The molecular formula is C6H8N2. The van der Waals surface area contributed by atoms with Gasteiger partial charge in [-0.25, -0.2) is 9.98 Å². The number of hydrogen-bond acceptors (Lipinski definition) is 2. The highest BCUT2D eigenvalue weighted by Crippen LogP contribution is 1.89. The Bertz CT molecular complexity index is 117. The van der Waals surface area contributed by atoms with Gasteiger partial charge < -0.3 is 0 Å². The number of allylic oxidation sites excluding steroid dienone is 1. The molecule has 42 valence electrons. The lowest BCUT2D eigenvalue weighted by Gasteiger charge is -1.85. The van der Waals surface area contributed by atoms with Crippen LogP contribution in [0.2, 0.25) is 0 Å². The summed E-state index contributed by atoms with van der Waals surface area (Å²) in [6, 6.07) is 0. The minimum Gasteiger partial charge on any atom is -0.249 e. The van der Waals surface area contributed by atoms with Gasteiger partial charge in [0.05, 0.1) is 0 Å². The highest BCUT2D eigenvalue weighted by Gasteiger charge is 1.77. The van der Waals surface area contributed by atoms with Gasteiger partial charge in [-0.3, -0.25) is 0 Å². The molecular weight excluding hydrogens is 100 g/mol. The van der Waals surface area contributed by atoms with Crippen LogP contribution in [0.3, 0.4) is 0 Å². The van der Waals surface area contributed by atoms with Crippen molar-refractivity contribution in [3.8, 4) is 0 Å². The molecule has 1 aliphatic heterocycles. The van der Waals surface area contributed by atoms with Gasteiger partial charge in [0.1, 0.15) is 6.34 Å². The van der Waals surface area contributed by atoms with Gasteiger partial charge in [0.15, 0.2) is 0 Å². The second-order valence-electron chi connectivity index (χ2n) is 1.56. The van der Waals surface area contributed by atoms with Gasteiger partial charge in [0.2, 0.25) is 0 Å². The highest BCUT2D eigenvalue weighted by atomic mass is 14.8. The highest BCUT2D eigenvalue weighted by molar-refractivity contribution is 5.72. The zero-order valence-electron chi connectivity index (χ0n) is 4.62. The van der Waals surface area contributed by atoms with Crippen molar-refractivity contribution >= 4 is 12.6 Å². The van der Waals surface area contributed by atoms with Gasteiger partial charge in [0, 0.05) is 12.4 Å². The molecule has 0 aromatic heterocycles. The van der Waals surface area contributed by atoms with Crippen LogP contribution in [0.4, 0.5) is 0 Å². The van der Waals surface area contributed by atoms with Crippen molar-refractivity contribution in [3.63, 3.8) is 0 Å². The van der Waals surface area contributed by atoms with E-state index in [-0.39, 0.29) is 0 Å². The van der Waals surface area contributed by atoms with Gasteiger partial charge in [0.25, 0.3) is 0 Å². The maximum atomic E-state index is 3.86. The van der Waals surface area contributed by atoms with Crippen LogP contribution in [-0.4, -0.2) is 12.6 Å². The van der Waals surface area contributed by atoms with E-state index < -0.39 is 0 Å². The van der Waals surface area contributed by atoms with E-state index in [9.17, 15) is 0 Å². The van der Waals surface area contributed by atoms with Gasteiger partial charge in [-0.15, -0.1) is 0 Å². The van der Waals surface area contributed by atoms with E-state index in [0.717, 1.165) is 12.8 Å². The van der Waals surface area contributed by atoms with E-state index >= 15 is 0 Å². The Labute approximate surface area is 48.7 Å². The van der Waals surface area contributed by atoms with E-state index in [1.807, 2.05) is 12.3 Å². The SMILES string of the molecule is C1=C/N=C\N=C/CC\1. The Morgan fingerprint density at radius 2 is 2.12 bits per heavy atom. The van der Waals surface area contributed by atoms with Crippen LogP contribution >= 0.6 is 0 Å². The molecule has 0 amide bonds. The summed E-state index contributed by atoms with van der Waals surface area (Å²) in [5, 5.41) is 0. The van der Waals surface area contributed by atoms with Crippen molar-refractivity contribution < 1.29 is 0 Å². The standard InChI is InChI=1S/C6H8N2/c1-2-4-7-6-8-5-3-1/h2,4-6H,1,3H2/b4-2-,7-6-,8-5-. The first-order valence-electron chi connectivity index (χ1n) is 2.68. The minimum atomic E-state index is 1.03. The largest absolute Gasteiger partial charge is 0.249 e. The predicted octanol–water partition coefficient (Wildman–Crippen LogP) is 1.39. The summed E-state index contributed by atoms with van der Waals surface area (Å²) in [7, 11) is 0. The normalized spacial score (nSPS) is 30.0.